The fraction of sp³-hybridized carbons (Fsp3) is 0.174. The number of nitrogens with one attached hydrogen (secondary N) is 2. The maximum atomic E-state index is 13.7. The maximum absolute atomic E-state index is 13.7. The van der Waals surface area contributed by atoms with Crippen molar-refractivity contribution in [1.82, 2.24) is 25.4 Å². The highest BCUT2D eigenvalue weighted by atomic mass is 19.4. The van der Waals surface area contributed by atoms with Crippen LogP contribution in [-0.4, -0.2) is 51.2 Å². The molecule has 1 aliphatic rings. The lowest BCUT2D eigenvalue weighted by atomic mass is 10.1. The van der Waals surface area contributed by atoms with Gasteiger partial charge in [-0.25, -0.2) is 14.7 Å². The fourth-order valence-electron chi connectivity index (χ4n) is 3.74. The molecule has 36 heavy (non-hydrogen) atoms. The Bertz CT molecular complexity index is 1360. The Balaban J connectivity index is 1.54. The minimum absolute atomic E-state index is 0.133. The number of aromatic nitrogens is 5. The summed E-state index contributed by atoms with van der Waals surface area (Å²) < 4.78 is 43.4. The van der Waals surface area contributed by atoms with E-state index in [1.54, 1.807) is 61.8 Å². The van der Waals surface area contributed by atoms with Gasteiger partial charge < -0.3 is 10.1 Å². The summed E-state index contributed by atoms with van der Waals surface area (Å²) >= 11 is 0. The third kappa shape index (κ3) is 4.62. The van der Waals surface area contributed by atoms with Gasteiger partial charge in [0.25, 0.3) is 0 Å². The van der Waals surface area contributed by atoms with Crippen LogP contribution in [0.25, 0.3) is 11.3 Å². The first-order chi connectivity index (χ1) is 17.3. The number of anilines is 4. The van der Waals surface area contributed by atoms with E-state index in [0.29, 0.717) is 28.4 Å². The fourth-order valence-corrected chi connectivity index (χ4v) is 3.74. The van der Waals surface area contributed by atoms with Gasteiger partial charge in [-0.15, -0.1) is 0 Å². The van der Waals surface area contributed by atoms with Crippen molar-refractivity contribution in [3.8, 4) is 17.0 Å². The van der Waals surface area contributed by atoms with E-state index in [2.05, 4.69) is 30.7 Å². The number of amides is 2. The van der Waals surface area contributed by atoms with E-state index in [-0.39, 0.29) is 18.3 Å². The van der Waals surface area contributed by atoms with Crippen molar-refractivity contribution < 1.29 is 22.7 Å². The van der Waals surface area contributed by atoms with Gasteiger partial charge in [-0.3, -0.25) is 4.90 Å². The first kappa shape index (κ1) is 23.1. The van der Waals surface area contributed by atoms with E-state index in [1.165, 1.54) is 16.0 Å². The SMILES string of the molecule is COc1ccc(N2Cc3cnc(NCC(F)(F)F)nc3N(c3ccc(-c4cn[nH]n4)cc3)C2=O)cc1. The molecule has 3 heterocycles. The van der Waals surface area contributed by atoms with Gasteiger partial charge in [-0.1, -0.05) is 12.1 Å². The van der Waals surface area contributed by atoms with Crippen LogP contribution in [0.1, 0.15) is 5.56 Å². The van der Waals surface area contributed by atoms with E-state index >= 15 is 0 Å². The number of aromatic amines is 1. The number of carbonyl (C=O) groups is 1. The predicted octanol–water partition coefficient (Wildman–Crippen LogP) is 4.52. The molecule has 2 aromatic heterocycles. The standard InChI is InChI=1S/C23H19F3N8O2/c1-36-18-8-6-16(7-9-18)33-12-15-10-27-21(28-13-23(24,25)26)30-20(15)34(22(33)35)17-4-2-14(3-5-17)19-11-29-32-31-19/h2-11H,12-13H2,1H3,(H,27,28,30)(H,29,31,32). The van der Waals surface area contributed by atoms with Gasteiger partial charge in [0.15, 0.2) is 5.82 Å². The Morgan fingerprint density at radius 1 is 1.06 bits per heavy atom. The molecule has 5 rings (SSSR count). The zero-order valence-corrected chi connectivity index (χ0v) is 18.8. The second-order valence-corrected chi connectivity index (χ2v) is 7.82. The second kappa shape index (κ2) is 9.17. The number of benzene rings is 2. The van der Waals surface area contributed by atoms with Crippen molar-refractivity contribution in [2.75, 3.05) is 28.8 Å². The summed E-state index contributed by atoms with van der Waals surface area (Å²) in [5, 5.41) is 12.6. The molecular weight excluding hydrogens is 477 g/mol. The summed E-state index contributed by atoms with van der Waals surface area (Å²) in [6, 6.07) is 13.4. The number of alkyl halides is 3. The van der Waals surface area contributed by atoms with Crippen molar-refractivity contribution in [1.29, 1.82) is 0 Å². The molecule has 0 saturated heterocycles. The Hall–Kier alpha value is -4.68. The molecule has 2 N–H and O–H groups in total. The van der Waals surface area contributed by atoms with Gasteiger partial charge >= 0.3 is 12.2 Å². The number of nitrogens with zero attached hydrogens (tertiary/aromatic N) is 6. The molecule has 13 heteroatoms. The third-order valence-electron chi connectivity index (χ3n) is 5.47. The summed E-state index contributed by atoms with van der Waals surface area (Å²) in [5.74, 6) is 0.590. The van der Waals surface area contributed by atoms with Crippen LogP contribution in [0.15, 0.2) is 60.9 Å². The Labute approximate surface area is 202 Å². The molecule has 0 bridgehead atoms. The van der Waals surface area contributed by atoms with Crippen molar-refractivity contribution in [3.05, 3.63) is 66.5 Å². The van der Waals surface area contributed by atoms with Crippen molar-refractivity contribution in [2.24, 2.45) is 0 Å². The monoisotopic (exact) mass is 496 g/mol. The number of hydrogen-bond donors (Lipinski definition) is 2. The highest BCUT2D eigenvalue weighted by Gasteiger charge is 2.35. The van der Waals surface area contributed by atoms with Crippen LogP contribution in [0.3, 0.4) is 0 Å². The summed E-state index contributed by atoms with van der Waals surface area (Å²) in [6.07, 6.45) is -1.47. The number of fused-ring (bicyclic) bond motifs is 1. The van der Waals surface area contributed by atoms with Crippen molar-refractivity contribution in [2.45, 2.75) is 12.7 Å². The maximum Gasteiger partial charge on any atom is 0.405 e. The van der Waals surface area contributed by atoms with Gasteiger partial charge in [0.2, 0.25) is 5.95 Å². The molecule has 10 nitrogen and oxygen atoms in total. The number of hydrogen-bond acceptors (Lipinski definition) is 7. The van der Waals surface area contributed by atoms with Crippen molar-refractivity contribution >= 4 is 29.2 Å². The first-order valence-corrected chi connectivity index (χ1v) is 10.7. The number of carbonyl (C=O) groups excluding carboxylic acids is 1. The van der Waals surface area contributed by atoms with Gasteiger partial charge in [0.05, 0.1) is 25.5 Å². The normalized spacial score (nSPS) is 13.5. The van der Waals surface area contributed by atoms with Crippen LogP contribution in [0, 0.1) is 0 Å². The molecule has 0 atom stereocenters. The molecule has 184 valence electrons. The zero-order chi connectivity index (χ0) is 25.3. The Kier molecular flexibility index (Phi) is 5.88. The summed E-state index contributed by atoms with van der Waals surface area (Å²) in [4.78, 5) is 24.9. The smallest absolute Gasteiger partial charge is 0.405 e. The molecule has 0 unspecified atom stereocenters. The van der Waals surface area contributed by atoms with E-state index in [0.717, 1.165) is 5.56 Å². The van der Waals surface area contributed by atoms with Crippen LogP contribution < -0.4 is 19.9 Å². The van der Waals surface area contributed by atoms with Gasteiger partial charge in [0.1, 0.15) is 18.0 Å². The molecule has 0 fully saturated rings. The first-order valence-electron chi connectivity index (χ1n) is 10.7. The van der Waals surface area contributed by atoms with E-state index in [4.69, 9.17) is 4.74 Å². The Morgan fingerprint density at radius 3 is 2.42 bits per heavy atom. The van der Waals surface area contributed by atoms with Crippen LogP contribution in [0.5, 0.6) is 5.75 Å². The Morgan fingerprint density at radius 2 is 1.78 bits per heavy atom. The highest BCUT2D eigenvalue weighted by molar-refractivity contribution is 6.10. The number of halogens is 3. The molecule has 1 aliphatic heterocycles. The molecule has 0 radical (unpaired) electrons. The number of H-pyrrole nitrogens is 1. The van der Waals surface area contributed by atoms with Gasteiger partial charge in [-0.2, -0.15) is 33.6 Å². The minimum atomic E-state index is -4.45. The third-order valence-corrected chi connectivity index (χ3v) is 5.47. The van der Waals surface area contributed by atoms with E-state index in [1.807, 2.05) is 0 Å². The lowest BCUT2D eigenvalue weighted by Gasteiger charge is -2.36. The minimum Gasteiger partial charge on any atom is -0.497 e. The molecule has 0 spiro atoms. The van der Waals surface area contributed by atoms with Crippen LogP contribution in [-0.2, 0) is 6.54 Å². The lowest BCUT2D eigenvalue weighted by molar-refractivity contribution is -0.115. The molecule has 0 saturated carbocycles. The molecule has 2 aromatic carbocycles. The predicted molar refractivity (Wildman–Crippen MR) is 125 cm³/mol. The lowest BCUT2D eigenvalue weighted by Crippen LogP contribution is -2.45. The molecule has 2 amide bonds. The second-order valence-electron chi connectivity index (χ2n) is 7.82. The number of urea groups is 1. The van der Waals surface area contributed by atoms with Gasteiger partial charge in [-0.05, 0) is 36.4 Å². The van der Waals surface area contributed by atoms with Crippen LogP contribution in [0.4, 0.5) is 41.1 Å². The summed E-state index contributed by atoms with van der Waals surface area (Å²) in [6.45, 7) is -1.17. The topological polar surface area (TPSA) is 112 Å². The molecule has 4 aromatic rings. The quantitative estimate of drug-likeness (QED) is 0.404. The summed E-state index contributed by atoms with van der Waals surface area (Å²) in [5.41, 5.74) is 3.01. The number of ether oxygens (including phenoxy) is 1. The van der Waals surface area contributed by atoms with Gasteiger partial charge in [0, 0.05) is 23.0 Å². The van der Waals surface area contributed by atoms with Crippen molar-refractivity contribution in [3.63, 3.8) is 0 Å². The van der Waals surface area contributed by atoms with Crippen LogP contribution in [0.2, 0.25) is 0 Å². The molecular formula is C23H19F3N8O2. The average molecular weight is 496 g/mol. The van der Waals surface area contributed by atoms with E-state index < -0.39 is 18.8 Å². The largest absolute Gasteiger partial charge is 0.497 e. The highest BCUT2D eigenvalue weighted by Crippen LogP contribution is 2.37. The molecule has 0 aliphatic carbocycles. The zero-order valence-electron chi connectivity index (χ0n) is 18.8. The summed E-state index contributed by atoms with van der Waals surface area (Å²) in [7, 11) is 1.55. The average Bonchev–Trinajstić information content (AvgIpc) is 3.42. The number of methoxy groups -OCH3 is 1. The van der Waals surface area contributed by atoms with Crippen LogP contribution >= 0.6 is 0 Å². The van der Waals surface area contributed by atoms with E-state index in [9.17, 15) is 18.0 Å². The number of rotatable bonds is 6.